The van der Waals surface area contributed by atoms with Gasteiger partial charge in [0.2, 0.25) is 0 Å². The average molecular weight is 298 g/mol. The van der Waals surface area contributed by atoms with E-state index in [0.29, 0.717) is 11.6 Å². The highest BCUT2D eigenvalue weighted by Crippen LogP contribution is 2.25. The molecule has 0 spiro atoms. The number of rotatable bonds is 3. The summed E-state index contributed by atoms with van der Waals surface area (Å²) in [6.45, 7) is 2.52. The molecule has 0 amide bonds. The summed E-state index contributed by atoms with van der Waals surface area (Å²) in [5, 5.41) is 5.42. The molecule has 3 nitrogen and oxygen atoms in total. The molecule has 21 heavy (non-hydrogen) atoms. The van der Waals surface area contributed by atoms with Gasteiger partial charge in [0.25, 0.3) is 0 Å². The second-order valence-corrected chi connectivity index (χ2v) is 5.38. The third kappa shape index (κ3) is 2.71. The number of benzene rings is 2. The van der Waals surface area contributed by atoms with Crippen molar-refractivity contribution in [2.45, 2.75) is 13.5 Å². The molecule has 3 aromatic rings. The van der Waals surface area contributed by atoms with Gasteiger partial charge in [0.05, 0.1) is 11.4 Å². The van der Waals surface area contributed by atoms with E-state index in [1.807, 2.05) is 53.3 Å². The van der Waals surface area contributed by atoms with Crippen LogP contribution in [0.25, 0.3) is 16.9 Å². The first-order valence-electron chi connectivity index (χ1n) is 6.79. The first-order chi connectivity index (χ1) is 10.2. The Morgan fingerprint density at radius 1 is 1.10 bits per heavy atom. The minimum atomic E-state index is 0.448. The molecule has 1 heterocycles. The highest BCUT2D eigenvalue weighted by molar-refractivity contribution is 6.30. The zero-order valence-corrected chi connectivity index (χ0v) is 12.5. The van der Waals surface area contributed by atoms with Gasteiger partial charge >= 0.3 is 0 Å². The van der Waals surface area contributed by atoms with Gasteiger partial charge in [-0.15, -0.1) is 0 Å². The Labute approximate surface area is 129 Å². The van der Waals surface area contributed by atoms with Gasteiger partial charge in [-0.1, -0.05) is 41.9 Å². The van der Waals surface area contributed by atoms with Crippen LogP contribution in [0.3, 0.4) is 0 Å². The first kappa shape index (κ1) is 13.9. The molecular weight excluding hydrogens is 282 g/mol. The third-order valence-electron chi connectivity index (χ3n) is 3.49. The Kier molecular flexibility index (Phi) is 3.78. The lowest BCUT2D eigenvalue weighted by molar-refractivity contribution is 0.875. The van der Waals surface area contributed by atoms with Crippen LogP contribution in [-0.4, -0.2) is 9.78 Å². The molecule has 0 aliphatic rings. The van der Waals surface area contributed by atoms with Gasteiger partial charge in [0.1, 0.15) is 0 Å². The van der Waals surface area contributed by atoms with Crippen molar-refractivity contribution in [2.24, 2.45) is 5.73 Å². The molecule has 2 aromatic carbocycles. The first-order valence-corrected chi connectivity index (χ1v) is 7.17. The van der Waals surface area contributed by atoms with Crippen LogP contribution in [0.5, 0.6) is 0 Å². The fraction of sp³-hybridized carbons (Fsp3) is 0.118. The Balaban J connectivity index is 2.11. The van der Waals surface area contributed by atoms with E-state index in [9.17, 15) is 0 Å². The standard InChI is InChI=1S/C17H16ClN3/c1-12-4-2-3-5-16(12)21-11-14(10-19)17(20-21)13-6-8-15(18)9-7-13/h2-9,11H,10,19H2,1H3. The Morgan fingerprint density at radius 2 is 1.81 bits per heavy atom. The molecule has 0 radical (unpaired) electrons. The normalized spacial score (nSPS) is 10.8. The number of aryl methyl sites for hydroxylation is 1. The smallest absolute Gasteiger partial charge is 0.0972 e. The summed E-state index contributed by atoms with van der Waals surface area (Å²) in [6.07, 6.45) is 1.99. The second kappa shape index (κ2) is 5.72. The molecule has 0 saturated heterocycles. The molecule has 0 aliphatic carbocycles. The van der Waals surface area contributed by atoms with Gasteiger partial charge in [-0.25, -0.2) is 4.68 Å². The summed E-state index contributed by atoms with van der Waals surface area (Å²) in [5.41, 5.74) is 11.0. The van der Waals surface area contributed by atoms with Crippen LogP contribution in [-0.2, 0) is 6.54 Å². The van der Waals surface area contributed by atoms with Gasteiger partial charge in [-0.3, -0.25) is 0 Å². The molecular formula is C17H16ClN3. The van der Waals surface area contributed by atoms with E-state index in [-0.39, 0.29) is 0 Å². The third-order valence-corrected chi connectivity index (χ3v) is 3.74. The quantitative estimate of drug-likeness (QED) is 0.795. The van der Waals surface area contributed by atoms with Crippen LogP contribution in [0.15, 0.2) is 54.7 Å². The fourth-order valence-corrected chi connectivity index (χ4v) is 2.48. The van der Waals surface area contributed by atoms with E-state index in [0.717, 1.165) is 22.5 Å². The van der Waals surface area contributed by atoms with Gasteiger partial charge in [-0.2, -0.15) is 5.10 Å². The van der Waals surface area contributed by atoms with Crippen LogP contribution < -0.4 is 5.73 Å². The molecule has 0 unspecified atom stereocenters. The summed E-state index contributed by atoms with van der Waals surface area (Å²) in [7, 11) is 0. The molecule has 0 bridgehead atoms. The van der Waals surface area contributed by atoms with Crippen LogP contribution >= 0.6 is 11.6 Å². The van der Waals surface area contributed by atoms with E-state index < -0.39 is 0 Å². The number of hydrogen-bond acceptors (Lipinski definition) is 2. The van der Waals surface area contributed by atoms with Crippen molar-refractivity contribution in [1.82, 2.24) is 9.78 Å². The molecule has 0 atom stereocenters. The molecule has 4 heteroatoms. The largest absolute Gasteiger partial charge is 0.326 e. The van der Waals surface area contributed by atoms with E-state index in [1.54, 1.807) is 0 Å². The van der Waals surface area contributed by atoms with Gasteiger partial charge in [-0.05, 0) is 30.7 Å². The van der Waals surface area contributed by atoms with Crippen LogP contribution in [0.1, 0.15) is 11.1 Å². The summed E-state index contributed by atoms with van der Waals surface area (Å²) < 4.78 is 1.89. The lowest BCUT2D eigenvalue weighted by Gasteiger charge is -2.04. The van der Waals surface area contributed by atoms with Gasteiger partial charge in [0.15, 0.2) is 0 Å². The topological polar surface area (TPSA) is 43.8 Å². The SMILES string of the molecule is Cc1ccccc1-n1cc(CN)c(-c2ccc(Cl)cc2)n1. The predicted molar refractivity (Wildman–Crippen MR) is 86.6 cm³/mol. The van der Waals surface area contributed by atoms with E-state index in [4.69, 9.17) is 22.4 Å². The van der Waals surface area contributed by atoms with Crippen molar-refractivity contribution >= 4 is 11.6 Å². The maximum Gasteiger partial charge on any atom is 0.0972 e. The summed E-state index contributed by atoms with van der Waals surface area (Å²) in [5.74, 6) is 0. The predicted octanol–water partition coefficient (Wildman–Crippen LogP) is 3.96. The fourth-order valence-electron chi connectivity index (χ4n) is 2.35. The number of nitrogens with zero attached hydrogens (tertiary/aromatic N) is 2. The van der Waals surface area contributed by atoms with Crippen LogP contribution in [0, 0.1) is 6.92 Å². The lowest BCUT2D eigenvalue weighted by atomic mass is 10.1. The molecule has 3 rings (SSSR count). The zero-order chi connectivity index (χ0) is 14.8. The molecule has 1 aromatic heterocycles. The van der Waals surface area contributed by atoms with Crippen molar-refractivity contribution in [3.05, 3.63) is 70.9 Å². The van der Waals surface area contributed by atoms with Crippen molar-refractivity contribution in [1.29, 1.82) is 0 Å². The van der Waals surface area contributed by atoms with Gasteiger partial charge in [0, 0.05) is 28.9 Å². The second-order valence-electron chi connectivity index (χ2n) is 4.95. The van der Waals surface area contributed by atoms with Crippen LogP contribution in [0.2, 0.25) is 5.02 Å². The molecule has 0 fully saturated rings. The number of halogens is 1. The Bertz CT molecular complexity index is 760. The number of nitrogens with two attached hydrogens (primary N) is 1. The summed E-state index contributed by atoms with van der Waals surface area (Å²) in [6, 6.07) is 15.8. The number of aromatic nitrogens is 2. The Morgan fingerprint density at radius 3 is 2.48 bits per heavy atom. The number of hydrogen-bond donors (Lipinski definition) is 1. The molecule has 2 N–H and O–H groups in total. The molecule has 106 valence electrons. The average Bonchev–Trinajstić information content (AvgIpc) is 2.92. The van der Waals surface area contributed by atoms with E-state index in [1.165, 1.54) is 5.56 Å². The molecule has 0 aliphatic heterocycles. The van der Waals surface area contributed by atoms with E-state index in [2.05, 4.69) is 13.0 Å². The lowest BCUT2D eigenvalue weighted by Crippen LogP contribution is -1.97. The summed E-state index contributed by atoms with van der Waals surface area (Å²) >= 11 is 5.94. The van der Waals surface area contributed by atoms with Gasteiger partial charge < -0.3 is 5.73 Å². The zero-order valence-electron chi connectivity index (χ0n) is 11.8. The summed E-state index contributed by atoms with van der Waals surface area (Å²) in [4.78, 5) is 0. The van der Waals surface area contributed by atoms with Crippen molar-refractivity contribution < 1.29 is 0 Å². The maximum atomic E-state index is 5.94. The minimum Gasteiger partial charge on any atom is -0.326 e. The highest BCUT2D eigenvalue weighted by atomic mass is 35.5. The maximum absolute atomic E-state index is 5.94. The minimum absolute atomic E-state index is 0.448. The highest BCUT2D eigenvalue weighted by Gasteiger charge is 2.12. The molecule has 0 saturated carbocycles. The monoisotopic (exact) mass is 297 g/mol. The van der Waals surface area contributed by atoms with Crippen molar-refractivity contribution in [3.63, 3.8) is 0 Å². The number of para-hydroxylation sites is 1. The van der Waals surface area contributed by atoms with Crippen molar-refractivity contribution in [2.75, 3.05) is 0 Å². The van der Waals surface area contributed by atoms with Crippen molar-refractivity contribution in [3.8, 4) is 16.9 Å². The Hall–Kier alpha value is -2.10. The van der Waals surface area contributed by atoms with E-state index >= 15 is 0 Å². The van der Waals surface area contributed by atoms with Crippen LogP contribution in [0.4, 0.5) is 0 Å².